The van der Waals surface area contributed by atoms with Gasteiger partial charge in [0.1, 0.15) is 5.69 Å². The first kappa shape index (κ1) is 11.5. The van der Waals surface area contributed by atoms with Gasteiger partial charge in [-0.2, -0.15) is 0 Å². The molecular formula is C14H13N3O2. The molecule has 96 valence electrons. The van der Waals surface area contributed by atoms with E-state index in [1.165, 1.54) is 0 Å². The van der Waals surface area contributed by atoms with Crippen LogP contribution >= 0.6 is 0 Å². The first-order chi connectivity index (χ1) is 9.22. The van der Waals surface area contributed by atoms with Crippen LogP contribution in [0.4, 0.5) is 0 Å². The Morgan fingerprint density at radius 2 is 2.21 bits per heavy atom. The predicted molar refractivity (Wildman–Crippen MR) is 70.7 cm³/mol. The Kier molecular flexibility index (Phi) is 2.79. The van der Waals surface area contributed by atoms with Crippen LogP contribution < -0.4 is 5.32 Å². The monoisotopic (exact) mass is 255 g/mol. The molecule has 2 aromatic heterocycles. The highest BCUT2D eigenvalue weighted by Gasteiger charge is 2.10. The van der Waals surface area contributed by atoms with Crippen molar-refractivity contribution in [3.05, 3.63) is 53.5 Å². The van der Waals surface area contributed by atoms with Gasteiger partial charge in [0.2, 0.25) is 0 Å². The molecule has 0 bridgehead atoms. The van der Waals surface area contributed by atoms with Crippen molar-refractivity contribution in [3.63, 3.8) is 0 Å². The SMILES string of the molecule is Cc1cc(CNC(=O)c2cc3ccccc3[nH]2)on1. The topological polar surface area (TPSA) is 70.9 Å². The van der Waals surface area contributed by atoms with Crippen LogP contribution in [0.1, 0.15) is 21.9 Å². The van der Waals surface area contributed by atoms with E-state index in [1.807, 2.05) is 37.3 Å². The van der Waals surface area contributed by atoms with Crippen LogP contribution in [0.15, 0.2) is 40.9 Å². The molecule has 0 saturated heterocycles. The molecule has 2 N–H and O–H groups in total. The van der Waals surface area contributed by atoms with Crippen LogP contribution in [0, 0.1) is 6.92 Å². The number of carbonyl (C=O) groups is 1. The summed E-state index contributed by atoms with van der Waals surface area (Å²) in [5.74, 6) is 0.479. The van der Waals surface area contributed by atoms with Crippen LogP contribution in [0.5, 0.6) is 0 Å². The maximum absolute atomic E-state index is 12.0. The fourth-order valence-corrected chi connectivity index (χ4v) is 1.96. The van der Waals surface area contributed by atoms with Gasteiger partial charge in [0.05, 0.1) is 12.2 Å². The van der Waals surface area contributed by atoms with Crippen molar-refractivity contribution in [3.8, 4) is 0 Å². The molecule has 0 unspecified atom stereocenters. The van der Waals surface area contributed by atoms with Crippen LogP contribution in [-0.4, -0.2) is 16.0 Å². The lowest BCUT2D eigenvalue weighted by Gasteiger charge is -1.99. The molecule has 0 saturated carbocycles. The number of amides is 1. The third-order valence-electron chi connectivity index (χ3n) is 2.87. The van der Waals surface area contributed by atoms with Gasteiger partial charge in [0.15, 0.2) is 5.76 Å². The molecule has 1 amide bonds. The van der Waals surface area contributed by atoms with E-state index in [1.54, 1.807) is 6.07 Å². The summed E-state index contributed by atoms with van der Waals surface area (Å²) in [4.78, 5) is 15.1. The normalized spacial score (nSPS) is 10.8. The van der Waals surface area contributed by atoms with E-state index in [0.717, 1.165) is 16.6 Å². The fourth-order valence-electron chi connectivity index (χ4n) is 1.96. The lowest BCUT2D eigenvalue weighted by atomic mass is 10.2. The minimum absolute atomic E-state index is 0.162. The number of fused-ring (bicyclic) bond motifs is 1. The van der Waals surface area contributed by atoms with Gasteiger partial charge < -0.3 is 14.8 Å². The van der Waals surface area contributed by atoms with Gasteiger partial charge in [0, 0.05) is 17.0 Å². The van der Waals surface area contributed by atoms with Crippen molar-refractivity contribution >= 4 is 16.8 Å². The van der Waals surface area contributed by atoms with Crippen LogP contribution in [-0.2, 0) is 6.54 Å². The molecule has 0 atom stereocenters. The van der Waals surface area contributed by atoms with Gasteiger partial charge in [-0.1, -0.05) is 23.4 Å². The van der Waals surface area contributed by atoms with Crippen LogP contribution in [0.3, 0.4) is 0 Å². The van der Waals surface area contributed by atoms with E-state index in [9.17, 15) is 4.79 Å². The fraction of sp³-hybridized carbons (Fsp3) is 0.143. The first-order valence-corrected chi connectivity index (χ1v) is 6.00. The van der Waals surface area contributed by atoms with E-state index in [-0.39, 0.29) is 5.91 Å². The Bertz CT molecular complexity index is 694. The van der Waals surface area contributed by atoms with Crippen molar-refractivity contribution < 1.29 is 9.32 Å². The number of hydrogen-bond acceptors (Lipinski definition) is 3. The minimum Gasteiger partial charge on any atom is -0.359 e. The van der Waals surface area contributed by atoms with E-state index < -0.39 is 0 Å². The molecule has 0 spiro atoms. The molecule has 0 radical (unpaired) electrons. The number of nitrogens with one attached hydrogen (secondary N) is 2. The predicted octanol–water partition coefficient (Wildman–Crippen LogP) is 2.39. The zero-order chi connectivity index (χ0) is 13.2. The number of hydrogen-bond donors (Lipinski definition) is 2. The molecule has 3 rings (SSSR count). The van der Waals surface area contributed by atoms with Crippen molar-refractivity contribution in [2.24, 2.45) is 0 Å². The molecular weight excluding hydrogens is 242 g/mol. The molecule has 0 fully saturated rings. The summed E-state index contributed by atoms with van der Waals surface area (Å²) in [5.41, 5.74) is 2.29. The standard InChI is InChI=1S/C14H13N3O2/c1-9-6-11(19-17-9)8-15-14(18)13-7-10-4-2-3-5-12(10)16-13/h2-7,16H,8H2,1H3,(H,15,18). The Balaban J connectivity index is 1.73. The van der Waals surface area contributed by atoms with Gasteiger partial charge in [-0.3, -0.25) is 4.79 Å². The van der Waals surface area contributed by atoms with E-state index in [2.05, 4.69) is 15.5 Å². The maximum atomic E-state index is 12.0. The highest BCUT2D eigenvalue weighted by Crippen LogP contribution is 2.14. The third-order valence-corrected chi connectivity index (χ3v) is 2.87. The molecule has 0 aliphatic heterocycles. The van der Waals surface area contributed by atoms with E-state index in [4.69, 9.17) is 4.52 Å². The second kappa shape index (κ2) is 4.61. The largest absolute Gasteiger partial charge is 0.359 e. The number of aromatic nitrogens is 2. The van der Waals surface area contributed by atoms with Gasteiger partial charge in [-0.05, 0) is 19.1 Å². The zero-order valence-corrected chi connectivity index (χ0v) is 10.4. The highest BCUT2D eigenvalue weighted by molar-refractivity contribution is 5.97. The van der Waals surface area contributed by atoms with E-state index >= 15 is 0 Å². The zero-order valence-electron chi connectivity index (χ0n) is 10.4. The summed E-state index contributed by atoms with van der Waals surface area (Å²) < 4.78 is 5.03. The minimum atomic E-state index is -0.162. The quantitative estimate of drug-likeness (QED) is 0.755. The summed E-state index contributed by atoms with van der Waals surface area (Å²) in [5, 5.41) is 7.57. The van der Waals surface area contributed by atoms with Gasteiger partial charge in [-0.25, -0.2) is 0 Å². The van der Waals surface area contributed by atoms with Crippen molar-refractivity contribution in [2.45, 2.75) is 13.5 Å². The van der Waals surface area contributed by atoms with Crippen molar-refractivity contribution in [1.82, 2.24) is 15.5 Å². The molecule has 0 aliphatic carbocycles. The van der Waals surface area contributed by atoms with Crippen LogP contribution in [0.25, 0.3) is 10.9 Å². The molecule has 3 aromatic rings. The number of benzene rings is 1. The Morgan fingerprint density at radius 3 is 2.95 bits per heavy atom. The smallest absolute Gasteiger partial charge is 0.268 e. The number of rotatable bonds is 3. The molecule has 19 heavy (non-hydrogen) atoms. The Morgan fingerprint density at radius 1 is 1.37 bits per heavy atom. The second-order valence-corrected chi connectivity index (χ2v) is 4.39. The number of aromatic amines is 1. The number of aryl methyl sites for hydroxylation is 1. The Hall–Kier alpha value is -2.56. The number of para-hydroxylation sites is 1. The van der Waals surface area contributed by atoms with E-state index in [0.29, 0.717) is 18.0 Å². The molecule has 2 heterocycles. The summed E-state index contributed by atoms with van der Waals surface area (Å²) in [6.45, 7) is 2.17. The van der Waals surface area contributed by atoms with Gasteiger partial charge >= 0.3 is 0 Å². The molecule has 5 heteroatoms. The molecule has 5 nitrogen and oxygen atoms in total. The average Bonchev–Trinajstić information content (AvgIpc) is 3.01. The molecule has 0 aliphatic rings. The van der Waals surface area contributed by atoms with Gasteiger partial charge in [-0.15, -0.1) is 0 Å². The van der Waals surface area contributed by atoms with Gasteiger partial charge in [0.25, 0.3) is 5.91 Å². The highest BCUT2D eigenvalue weighted by atomic mass is 16.5. The lowest BCUT2D eigenvalue weighted by molar-refractivity contribution is 0.0943. The van der Waals surface area contributed by atoms with Crippen LogP contribution in [0.2, 0.25) is 0 Å². The number of H-pyrrole nitrogens is 1. The number of nitrogens with zero attached hydrogens (tertiary/aromatic N) is 1. The van der Waals surface area contributed by atoms with Crippen molar-refractivity contribution in [2.75, 3.05) is 0 Å². The summed E-state index contributed by atoms with van der Waals surface area (Å²) in [6.07, 6.45) is 0. The summed E-state index contributed by atoms with van der Waals surface area (Å²) in [7, 11) is 0. The second-order valence-electron chi connectivity index (χ2n) is 4.39. The lowest BCUT2D eigenvalue weighted by Crippen LogP contribution is -2.22. The Labute approximate surface area is 109 Å². The summed E-state index contributed by atoms with van der Waals surface area (Å²) in [6, 6.07) is 11.4. The van der Waals surface area contributed by atoms with Crippen molar-refractivity contribution in [1.29, 1.82) is 0 Å². The maximum Gasteiger partial charge on any atom is 0.268 e. The summed E-state index contributed by atoms with van der Waals surface area (Å²) >= 11 is 0. The average molecular weight is 255 g/mol. The third kappa shape index (κ3) is 2.35. The molecule has 1 aromatic carbocycles. The first-order valence-electron chi connectivity index (χ1n) is 6.00. The number of carbonyl (C=O) groups excluding carboxylic acids is 1.